The van der Waals surface area contributed by atoms with Crippen LogP contribution < -0.4 is 10.6 Å². The smallest absolute Gasteiger partial charge is 0.274 e. The van der Waals surface area contributed by atoms with Gasteiger partial charge in [-0.3, -0.25) is 9.59 Å². The molecule has 2 amide bonds. The van der Waals surface area contributed by atoms with Crippen molar-refractivity contribution >= 4 is 17.5 Å². The van der Waals surface area contributed by atoms with Crippen LogP contribution in [0.5, 0.6) is 0 Å². The normalized spacial score (nSPS) is 10.6. The highest BCUT2D eigenvalue weighted by Crippen LogP contribution is 2.17. The average Bonchev–Trinajstić information content (AvgIpc) is 2.73. The lowest BCUT2D eigenvalue weighted by atomic mass is 10.0. The number of rotatable bonds is 6. The van der Waals surface area contributed by atoms with E-state index in [4.69, 9.17) is 0 Å². The van der Waals surface area contributed by atoms with Crippen LogP contribution in [0.2, 0.25) is 0 Å². The third-order valence-corrected chi connectivity index (χ3v) is 4.45. The first kappa shape index (κ1) is 20.2. The number of pyridine rings is 1. The van der Waals surface area contributed by atoms with Gasteiger partial charge in [-0.2, -0.15) is 0 Å². The van der Waals surface area contributed by atoms with Crippen molar-refractivity contribution in [1.82, 2.24) is 10.3 Å². The summed E-state index contributed by atoms with van der Waals surface area (Å²) in [6.07, 6.45) is 0. The number of hydrogen-bond donors (Lipinski definition) is 2. The Labute approximate surface area is 169 Å². The van der Waals surface area contributed by atoms with E-state index in [1.165, 1.54) is 23.8 Å². The largest absolute Gasteiger partial charge is 0.347 e. The van der Waals surface area contributed by atoms with Crippen LogP contribution >= 0.6 is 0 Å². The van der Waals surface area contributed by atoms with Crippen LogP contribution in [0.1, 0.15) is 51.9 Å². The van der Waals surface area contributed by atoms with Crippen LogP contribution in [-0.4, -0.2) is 16.8 Å². The van der Waals surface area contributed by atoms with Crippen molar-refractivity contribution in [3.8, 4) is 0 Å². The van der Waals surface area contributed by atoms with E-state index in [0.29, 0.717) is 17.2 Å². The molecule has 0 aliphatic carbocycles. The number of amides is 2. The minimum Gasteiger partial charge on any atom is -0.347 e. The van der Waals surface area contributed by atoms with Gasteiger partial charge in [-0.1, -0.05) is 50.2 Å². The maximum Gasteiger partial charge on any atom is 0.274 e. The number of anilines is 1. The molecule has 0 aliphatic heterocycles. The summed E-state index contributed by atoms with van der Waals surface area (Å²) < 4.78 is 13.7. The van der Waals surface area contributed by atoms with Crippen molar-refractivity contribution < 1.29 is 14.0 Å². The number of benzene rings is 2. The van der Waals surface area contributed by atoms with E-state index in [2.05, 4.69) is 29.5 Å². The monoisotopic (exact) mass is 391 g/mol. The molecular weight excluding hydrogens is 369 g/mol. The summed E-state index contributed by atoms with van der Waals surface area (Å²) in [7, 11) is 0. The molecule has 6 heteroatoms. The van der Waals surface area contributed by atoms with Gasteiger partial charge in [0.2, 0.25) is 0 Å². The number of halogens is 1. The fourth-order valence-electron chi connectivity index (χ4n) is 2.74. The second-order valence-electron chi connectivity index (χ2n) is 6.91. The summed E-state index contributed by atoms with van der Waals surface area (Å²) in [6, 6.07) is 18.4. The second-order valence-corrected chi connectivity index (χ2v) is 6.91. The Morgan fingerprint density at radius 1 is 0.897 bits per heavy atom. The van der Waals surface area contributed by atoms with Crippen molar-refractivity contribution in [3.05, 3.63) is 95.1 Å². The lowest BCUT2D eigenvalue weighted by Crippen LogP contribution is -2.25. The highest BCUT2D eigenvalue weighted by atomic mass is 19.1. The highest BCUT2D eigenvalue weighted by molar-refractivity contribution is 6.03. The Morgan fingerprint density at radius 3 is 2.21 bits per heavy atom. The minimum atomic E-state index is -0.482. The van der Waals surface area contributed by atoms with Crippen LogP contribution in [0.15, 0.2) is 66.7 Å². The predicted molar refractivity (Wildman–Crippen MR) is 110 cm³/mol. The van der Waals surface area contributed by atoms with Gasteiger partial charge in [0, 0.05) is 17.8 Å². The number of aromatic nitrogens is 1. The topological polar surface area (TPSA) is 71.1 Å². The Morgan fingerprint density at radius 2 is 1.55 bits per heavy atom. The molecule has 0 saturated carbocycles. The molecule has 0 bridgehead atoms. The van der Waals surface area contributed by atoms with E-state index in [0.717, 1.165) is 0 Å². The Kier molecular flexibility index (Phi) is 6.34. The molecule has 0 aliphatic rings. The van der Waals surface area contributed by atoms with E-state index >= 15 is 0 Å². The van der Waals surface area contributed by atoms with Crippen molar-refractivity contribution in [2.45, 2.75) is 26.3 Å². The van der Waals surface area contributed by atoms with E-state index in [1.54, 1.807) is 24.3 Å². The maximum absolute atomic E-state index is 13.7. The molecular formula is C23H22FN3O2. The van der Waals surface area contributed by atoms with Gasteiger partial charge in [-0.05, 0) is 41.8 Å². The molecule has 3 rings (SSSR count). The number of nitrogens with one attached hydrogen (secondary N) is 2. The quantitative estimate of drug-likeness (QED) is 0.649. The van der Waals surface area contributed by atoms with Gasteiger partial charge in [0.15, 0.2) is 0 Å². The Balaban J connectivity index is 1.65. The summed E-state index contributed by atoms with van der Waals surface area (Å²) >= 11 is 0. The summed E-state index contributed by atoms with van der Waals surface area (Å²) in [6.45, 7) is 4.23. The molecule has 0 radical (unpaired) electrons. The van der Waals surface area contributed by atoms with E-state index in [9.17, 15) is 14.0 Å². The van der Waals surface area contributed by atoms with E-state index in [-0.39, 0.29) is 17.9 Å². The van der Waals surface area contributed by atoms with E-state index in [1.807, 2.05) is 24.3 Å². The van der Waals surface area contributed by atoms with Crippen molar-refractivity contribution in [1.29, 1.82) is 0 Å². The minimum absolute atomic E-state index is 0.0335. The van der Waals surface area contributed by atoms with Crippen molar-refractivity contribution in [2.24, 2.45) is 0 Å². The molecule has 0 atom stereocenters. The molecule has 5 nitrogen and oxygen atoms in total. The molecule has 1 aromatic heterocycles. The van der Waals surface area contributed by atoms with Crippen LogP contribution in [-0.2, 0) is 6.54 Å². The zero-order chi connectivity index (χ0) is 20.8. The molecule has 29 heavy (non-hydrogen) atoms. The van der Waals surface area contributed by atoms with Crippen LogP contribution in [0.4, 0.5) is 10.1 Å². The first-order valence-electron chi connectivity index (χ1n) is 9.34. The van der Waals surface area contributed by atoms with Gasteiger partial charge in [0.1, 0.15) is 17.2 Å². The summed E-state index contributed by atoms with van der Waals surface area (Å²) in [4.78, 5) is 28.9. The van der Waals surface area contributed by atoms with E-state index < -0.39 is 17.6 Å². The zero-order valence-corrected chi connectivity index (χ0v) is 16.3. The molecule has 2 aromatic carbocycles. The van der Waals surface area contributed by atoms with Crippen molar-refractivity contribution in [2.75, 3.05) is 5.32 Å². The van der Waals surface area contributed by atoms with Crippen LogP contribution in [0, 0.1) is 5.82 Å². The number of carbonyl (C=O) groups excluding carboxylic acids is 2. The third kappa shape index (κ3) is 5.25. The Hall–Kier alpha value is -3.54. The number of hydrogen-bond acceptors (Lipinski definition) is 3. The molecule has 3 aromatic rings. The third-order valence-electron chi connectivity index (χ3n) is 4.45. The van der Waals surface area contributed by atoms with Gasteiger partial charge in [0.25, 0.3) is 11.8 Å². The van der Waals surface area contributed by atoms with Gasteiger partial charge < -0.3 is 10.6 Å². The van der Waals surface area contributed by atoms with Crippen molar-refractivity contribution in [3.63, 3.8) is 0 Å². The fourth-order valence-corrected chi connectivity index (χ4v) is 2.74. The lowest BCUT2D eigenvalue weighted by Gasteiger charge is -2.09. The fraction of sp³-hybridized carbons (Fsp3) is 0.174. The first-order valence-corrected chi connectivity index (χ1v) is 9.34. The Bertz CT molecular complexity index is 1020. The number of carbonyl (C=O) groups is 2. The summed E-state index contributed by atoms with van der Waals surface area (Å²) in [5, 5.41) is 5.39. The summed E-state index contributed by atoms with van der Waals surface area (Å²) in [5.41, 5.74) is 2.41. The molecule has 0 spiro atoms. The SMILES string of the molecule is CC(C)c1ccc(NC(=O)c2cccc(C(=O)NCc3ccccc3F)n2)cc1. The molecule has 1 heterocycles. The molecule has 0 fully saturated rings. The predicted octanol–water partition coefficient (Wildman–Crippen LogP) is 4.53. The van der Waals surface area contributed by atoms with Gasteiger partial charge in [0.05, 0.1) is 0 Å². The average molecular weight is 391 g/mol. The molecule has 0 saturated heterocycles. The van der Waals surface area contributed by atoms with Gasteiger partial charge in [-0.15, -0.1) is 0 Å². The first-order chi connectivity index (χ1) is 13.9. The second kappa shape index (κ2) is 9.10. The van der Waals surface area contributed by atoms with Gasteiger partial charge in [-0.25, -0.2) is 9.37 Å². The molecule has 0 unspecified atom stereocenters. The lowest BCUT2D eigenvalue weighted by molar-refractivity contribution is 0.0945. The van der Waals surface area contributed by atoms with Crippen LogP contribution in [0.3, 0.4) is 0 Å². The van der Waals surface area contributed by atoms with Gasteiger partial charge >= 0.3 is 0 Å². The maximum atomic E-state index is 13.7. The van der Waals surface area contributed by atoms with Crippen LogP contribution in [0.25, 0.3) is 0 Å². The molecule has 2 N–H and O–H groups in total. The highest BCUT2D eigenvalue weighted by Gasteiger charge is 2.13. The zero-order valence-electron chi connectivity index (χ0n) is 16.3. The standard InChI is InChI=1S/C23H22FN3O2/c1-15(2)16-10-12-18(13-11-16)26-23(29)21-9-5-8-20(27-21)22(28)25-14-17-6-3-4-7-19(17)24/h3-13,15H,14H2,1-2H3,(H,25,28)(H,26,29). The molecule has 148 valence electrons. The number of nitrogens with zero attached hydrogens (tertiary/aromatic N) is 1. The summed E-state index contributed by atoms with van der Waals surface area (Å²) in [5.74, 6) is -0.881.